The first-order valence-electron chi connectivity index (χ1n) is 8.64. The molecule has 3 aliphatic heterocycles. The van der Waals surface area contributed by atoms with Crippen molar-refractivity contribution in [1.82, 2.24) is 14.9 Å². The van der Waals surface area contributed by atoms with Gasteiger partial charge in [-0.25, -0.2) is 9.37 Å². The van der Waals surface area contributed by atoms with Crippen molar-refractivity contribution in [3.8, 4) is 5.75 Å². The van der Waals surface area contributed by atoms with Crippen LogP contribution in [0.2, 0.25) is 0 Å². The summed E-state index contributed by atoms with van der Waals surface area (Å²) in [5, 5.41) is 12.8. The number of fused-ring (bicyclic) bond motifs is 2. The number of piperidine rings is 1. The second-order valence-electron chi connectivity index (χ2n) is 6.76. The van der Waals surface area contributed by atoms with E-state index in [0.29, 0.717) is 24.0 Å². The summed E-state index contributed by atoms with van der Waals surface area (Å²) in [5.41, 5.74) is -0.150. The van der Waals surface area contributed by atoms with E-state index >= 15 is 0 Å². The number of benzene rings is 1. The highest BCUT2D eigenvalue weighted by Crippen LogP contribution is 2.29. The molecule has 0 unspecified atom stereocenters. The van der Waals surface area contributed by atoms with Gasteiger partial charge in [-0.2, -0.15) is 0 Å². The van der Waals surface area contributed by atoms with Gasteiger partial charge < -0.3 is 15.3 Å². The third kappa shape index (κ3) is 2.91. The number of aromatic hydroxyl groups is 1. The minimum atomic E-state index is -0.632. The number of nitrogens with zero attached hydrogens (tertiary/aromatic N) is 3. The SMILES string of the molecule is O=C(NCc1ccc(F)cc1)c1nc2n(c(=O)c1O)CC1CCN2CC1. The molecule has 1 aromatic carbocycles. The fraction of sp³-hybridized carbons (Fsp3) is 0.389. The number of carbonyl (C=O) groups is 1. The number of anilines is 1. The van der Waals surface area contributed by atoms with Gasteiger partial charge in [0, 0.05) is 26.2 Å². The van der Waals surface area contributed by atoms with E-state index in [0.717, 1.165) is 25.9 Å². The number of hydrogen-bond acceptors (Lipinski definition) is 5. The number of nitrogens with one attached hydrogen (secondary N) is 1. The van der Waals surface area contributed by atoms with E-state index in [1.807, 2.05) is 4.90 Å². The van der Waals surface area contributed by atoms with Gasteiger partial charge >= 0.3 is 0 Å². The lowest BCUT2D eigenvalue weighted by Gasteiger charge is -2.27. The molecule has 1 amide bonds. The van der Waals surface area contributed by atoms with Crippen LogP contribution in [0.25, 0.3) is 0 Å². The van der Waals surface area contributed by atoms with Crippen LogP contribution in [0.15, 0.2) is 29.1 Å². The summed E-state index contributed by atoms with van der Waals surface area (Å²) in [4.78, 5) is 31.3. The molecule has 2 N–H and O–H groups in total. The molecule has 0 spiro atoms. The van der Waals surface area contributed by atoms with Gasteiger partial charge in [0.05, 0.1) is 0 Å². The molecule has 3 aliphatic rings. The summed E-state index contributed by atoms with van der Waals surface area (Å²) in [5.74, 6) is -0.786. The molecule has 26 heavy (non-hydrogen) atoms. The monoisotopic (exact) mass is 358 g/mol. The fourth-order valence-corrected chi connectivity index (χ4v) is 3.54. The molecule has 1 aromatic heterocycles. The number of hydrogen-bond donors (Lipinski definition) is 2. The smallest absolute Gasteiger partial charge is 0.297 e. The molecule has 0 aliphatic carbocycles. The Hall–Kier alpha value is -2.90. The van der Waals surface area contributed by atoms with Crippen molar-refractivity contribution in [1.29, 1.82) is 0 Å². The average Bonchev–Trinajstić information content (AvgIpc) is 2.93. The van der Waals surface area contributed by atoms with Crippen LogP contribution in [0.5, 0.6) is 5.75 Å². The van der Waals surface area contributed by atoms with E-state index in [-0.39, 0.29) is 18.1 Å². The van der Waals surface area contributed by atoms with E-state index in [9.17, 15) is 19.1 Å². The van der Waals surface area contributed by atoms with Crippen LogP contribution in [0.1, 0.15) is 28.9 Å². The first-order chi connectivity index (χ1) is 12.5. The molecule has 0 atom stereocenters. The van der Waals surface area contributed by atoms with Crippen molar-refractivity contribution in [3.63, 3.8) is 0 Å². The lowest BCUT2D eigenvalue weighted by molar-refractivity contribution is 0.0942. The Bertz CT molecular complexity index is 902. The molecule has 4 heterocycles. The second-order valence-corrected chi connectivity index (χ2v) is 6.76. The van der Waals surface area contributed by atoms with Gasteiger partial charge in [0.1, 0.15) is 5.82 Å². The van der Waals surface area contributed by atoms with Gasteiger partial charge in [-0.05, 0) is 36.5 Å². The highest BCUT2D eigenvalue weighted by atomic mass is 19.1. The maximum Gasteiger partial charge on any atom is 0.297 e. The Labute approximate surface area is 149 Å². The zero-order valence-electron chi connectivity index (χ0n) is 14.1. The van der Waals surface area contributed by atoms with Crippen LogP contribution in [0.3, 0.4) is 0 Å². The summed E-state index contributed by atoms with van der Waals surface area (Å²) in [7, 11) is 0. The number of aromatic nitrogens is 2. The van der Waals surface area contributed by atoms with Crippen molar-refractivity contribution >= 4 is 11.9 Å². The van der Waals surface area contributed by atoms with Gasteiger partial charge in [-0.3, -0.25) is 14.2 Å². The Morgan fingerprint density at radius 1 is 1.27 bits per heavy atom. The first-order valence-corrected chi connectivity index (χ1v) is 8.64. The molecule has 5 rings (SSSR count). The number of carbonyl (C=O) groups excluding carboxylic acids is 1. The maximum absolute atomic E-state index is 12.9. The number of halogens is 1. The number of rotatable bonds is 3. The zero-order valence-corrected chi connectivity index (χ0v) is 14.1. The molecule has 0 saturated carbocycles. The quantitative estimate of drug-likeness (QED) is 0.862. The summed E-state index contributed by atoms with van der Waals surface area (Å²) >= 11 is 0. The van der Waals surface area contributed by atoms with Crippen LogP contribution >= 0.6 is 0 Å². The van der Waals surface area contributed by atoms with Crippen LogP contribution < -0.4 is 15.8 Å². The molecule has 1 saturated heterocycles. The van der Waals surface area contributed by atoms with Crippen LogP contribution in [-0.2, 0) is 13.1 Å². The zero-order chi connectivity index (χ0) is 18.3. The lowest BCUT2D eigenvalue weighted by Crippen LogP contribution is -2.35. The normalized spacial score (nSPS) is 16.3. The van der Waals surface area contributed by atoms with Crippen LogP contribution in [-0.4, -0.2) is 33.7 Å². The molecule has 2 aromatic rings. The van der Waals surface area contributed by atoms with Crippen molar-refractivity contribution in [2.24, 2.45) is 5.92 Å². The van der Waals surface area contributed by atoms with Gasteiger partial charge in [0.15, 0.2) is 5.69 Å². The fourth-order valence-electron chi connectivity index (χ4n) is 3.54. The molecule has 8 heteroatoms. The van der Waals surface area contributed by atoms with E-state index in [1.54, 1.807) is 12.1 Å². The molecular weight excluding hydrogens is 339 g/mol. The Morgan fingerprint density at radius 2 is 1.96 bits per heavy atom. The Morgan fingerprint density at radius 3 is 2.65 bits per heavy atom. The minimum absolute atomic E-state index is 0.143. The molecule has 1 fully saturated rings. The topological polar surface area (TPSA) is 87.5 Å². The van der Waals surface area contributed by atoms with Gasteiger partial charge in [-0.15, -0.1) is 0 Å². The Kier molecular flexibility index (Phi) is 4.10. The average molecular weight is 358 g/mol. The minimum Gasteiger partial charge on any atom is -0.501 e. The summed E-state index contributed by atoms with van der Waals surface area (Å²) in [6.45, 7) is 2.24. The van der Waals surface area contributed by atoms with Crippen molar-refractivity contribution in [3.05, 3.63) is 51.7 Å². The predicted molar refractivity (Wildman–Crippen MR) is 92.7 cm³/mol. The molecule has 7 nitrogen and oxygen atoms in total. The third-order valence-electron chi connectivity index (χ3n) is 5.04. The highest BCUT2D eigenvalue weighted by Gasteiger charge is 2.31. The van der Waals surface area contributed by atoms with E-state index < -0.39 is 17.2 Å². The summed E-state index contributed by atoms with van der Waals surface area (Å²) in [6.07, 6.45) is 1.94. The predicted octanol–water partition coefficient (Wildman–Crippen LogP) is 1.25. The highest BCUT2D eigenvalue weighted by molar-refractivity contribution is 5.95. The number of amides is 1. The van der Waals surface area contributed by atoms with Gasteiger partial charge in [-0.1, -0.05) is 12.1 Å². The third-order valence-corrected chi connectivity index (χ3v) is 5.04. The van der Waals surface area contributed by atoms with Crippen molar-refractivity contribution < 1.29 is 14.3 Å². The second kappa shape index (κ2) is 6.44. The van der Waals surface area contributed by atoms with E-state index in [4.69, 9.17) is 0 Å². The van der Waals surface area contributed by atoms with Crippen LogP contribution in [0.4, 0.5) is 10.3 Å². The molecule has 2 bridgehead atoms. The molecular formula is C18H19FN4O3. The standard InChI is InChI=1S/C18H19FN4O3/c19-13-3-1-11(2-4-13)9-20-16(25)14-15(24)17(26)23-10-12-5-7-22(8-6-12)18(23)21-14/h1-4,12,24H,5-10H2,(H,20,25). The van der Waals surface area contributed by atoms with Crippen LogP contribution in [0, 0.1) is 11.7 Å². The summed E-state index contributed by atoms with van der Waals surface area (Å²) in [6, 6.07) is 5.71. The molecule has 0 radical (unpaired) electrons. The van der Waals surface area contributed by atoms with E-state index in [2.05, 4.69) is 10.3 Å². The Balaban J connectivity index is 1.61. The van der Waals surface area contributed by atoms with E-state index in [1.165, 1.54) is 16.7 Å². The van der Waals surface area contributed by atoms with Gasteiger partial charge in [0.2, 0.25) is 11.7 Å². The maximum atomic E-state index is 12.9. The van der Waals surface area contributed by atoms with Gasteiger partial charge in [0.25, 0.3) is 11.5 Å². The van der Waals surface area contributed by atoms with Crippen molar-refractivity contribution in [2.75, 3.05) is 18.0 Å². The lowest BCUT2D eigenvalue weighted by atomic mass is 9.98. The largest absolute Gasteiger partial charge is 0.501 e. The van der Waals surface area contributed by atoms with Crippen molar-refractivity contribution in [2.45, 2.75) is 25.9 Å². The first kappa shape index (κ1) is 16.6. The molecule has 136 valence electrons. The summed E-state index contributed by atoms with van der Waals surface area (Å²) < 4.78 is 14.4.